The van der Waals surface area contributed by atoms with Crippen LogP contribution < -0.4 is 65.5 Å². The third-order valence-electron chi connectivity index (χ3n) is 12.4. The minimum Gasteiger partial charge on any atom is -0.481 e. The summed E-state index contributed by atoms with van der Waals surface area (Å²) in [5, 5.41) is 49.2. The smallest absolute Gasteiger partial charge is 0.326 e. The van der Waals surface area contributed by atoms with E-state index in [0.717, 1.165) is 6.92 Å². The van der Waals surface area contributed by atoms with Crippen molar-refractivity contribution in [2.24, 2.45) is 40.7 Å². The fourth-order valence-corrected chi connectivity index (χ4v) is 8.16. The van der Waals surface area contributed by atoms with E-state index in [1.54, 1.807) is 38.1 Å². The second-order valence-corrected chi connectivity index (χ2v) is 20.7. The van der Waals surface area contributed by atoms with Gasteiger partial charge in [0.15, 0.2) is 0 Å². The number of carboxylic acid groups (broad SMARTS) is 2. The molecule has 0 saturated heterocycles. The Morgan fingerprint density at radius 2 is 0.938 bits per heavy atom. The first-order valence-corrected chi connectivity index (χ1v) is 26.0. The van der Waals surface area contributed by atoms with Gasteiger partial charge in [0.1, 0.15) is 48.3 Å². The summed E-state index contributed by atoms with van der Waals surface area (Å²) in [5.41, 5.74) is 23.3. The average molecular weight is 1130 g/mol. The molecule has 0 spiro atoms. The van der Waals surface area contributed by atoms with Gasteiger partial charge in [-0.15, -0.1) is 0 Å². The lowest BCUT2D eigenvalue weighted by Crippen LogP contribution is -2.62. The van der Waals surface area contributed by atoms with Gasteiger partial charge in [-0.1, -0.05) is 59.7 Å². The lowest BCUT2D eigenvalue weighted by atomic mass is 9.99. The van der Waals surface area contributed by atoms with Crippen molar-refractivity contribution >= 4 is 87.8 Å². The predicted octanol–water partition coefficient (Wildman–Crippen LogP) is -3.60. The number of carbonyl (C=O) groups is 13. The number of primary amides is 3. The predicted molar refractivity (Wildman–Crippen MR) is 286 cm³/mol. The van der Waals surface area contributed by atoms with E-state index in [4.69, 9.17) is 28.0 Å². The SMILES string of the molecule is CC(C)C[C@H](NC(=O)[C@@H](N)CC(C)C)C(=O)N[C@H](C(=O)N[C@@H](CCC(N)=O)C(=O)N[C@@H](CC(N)=O)C(=O)N[C@@H](Cc1c[nH]c2ccccc12)C(=O)N[C@H](C(=O)N[C@@H](CCC(N)=O)C(=O)N[C@@H](CCC(=O)O)C(=O)O)C(C)C)[C@@H](C)O. The summed E-state index contributed by atoms with van der Waals surface area (Å²) in [7, 11) is 0. The van der Waals surface area contributed by atoms with Gasteiger partial charge in [0.25, 0.3) is 0 Å². The Hall–Kier alpha value is -8.21. The molecule has 11 amide bonds. The van der Waals surface area contributed by atoms with E-state index >= 15 is 0 Å². The van der Waals surface area contributed by atoms with Crippen LogP contribution in [0.4, 0.5) is 0 Å². The number of rotatable bonds is 36. The zero-order valence-electron chi connectivity index (χ0n) is 45.9. The van der Waals surface area contributed by atoms with Gasteiger partial charge in [-0.25, -0.2) is 4.79 Å². The fourth-order valence-electron chi connectivity index (χ4n) is 8.16. The van der Waals surface area contributed by atoms with Crippen molar-refractivity contribution in [3.05, 3.63) is 36.0 Å². The van der Waals surface area contributed by atoms with Crippen molar-refractivity contribution in [2.75, 3.05) is 0 Å². The van der Waals surface area contributed by atoms with Crippen LogP contribution in [0.3, 0.4) is 0 Å². The zero-order chi connectivity index (χ0) is 60.7. The number of benzene rings is 1. The molecule has 1 aromatic carbocycles. The van der Waals surface area contributed by atoms with Crippen LogP contribution >= 0.6 is 0 Å². The number of aromatic amines is 1. The van der Waals surface area contributed by atoms with E-state index in [-0.39, 0.29) is 24.7 Å². The molecule has 1 aromatic heterocycles. The normalized spacial score (nSPS) is 15.1. The van der Waals surface area contributed by atoms with Crippen LogP contribution in [0, 0.1) is 17.8 Å². The number of aliphatic hydroxyl groups excluding tert-OH is 1. The number of amides is 11. The number of aliphatic hydroxyl groups is 1. The van der Waals surface area contributed by atoms with Gasteiger partial charge in [-0.05, 0) is 68.4 Å². The summed E-state index contributed by atoms with van der Waals surface area (Å²) in [4.78, 5) is 173. The first-order chi connectivity index (χ1) is 37.3. The molecular formula is C51H79N13O16. The van der Waals surface area contributed by atoms with Crippen LogP contribution in [0.5, 0.6) is 0 Å². The molecule has 10 atom stereocenters. The minimum absolute atomic E-state index is 0.0427. The Morgan fingerprint density at radius 3 is 1.43 bits per heavy atom. The summed E-state index contributed by atoms with van der Waals surface area (Å²) in [6.45, 7) is 11.4. The number of hydrogen-bond acceptors (Lipinski definition) is 15. The van der Waals surface area contributed by atoms with Crippen LogP contribution in [-0.2, 0) is 68.7 Å². The van der Waals surface area contributed by atoms with Crippen molar-refractivity contribution in [3.63, 3.8) is 0 Å². The Bertz CT molecular complexity index is 2550. The highest BCUT2D eigenvalue weighted by atomic mass is 16.4. The Kier molecular flexibility index (Phi) is 27.7. The van der Waals surface area contributed by atoms with E-state index < -0.39 is 188 Å². The number of fused-ring (bicyclic) bond motifs is 1. The second-order valence-electron chi connectivity index (χ2n) is 20.7. The third-order valence-corrected chi connectivity index (χ3v) is 12.4. The summed E-state index contributed by atoms with van der Waals surface area (Å²) < 4.78 is 0. The molecule has 20 N–H and O–H groups in total. The maximum Gasteiger partial charge on any atom is 0.326 e. The summed E-state index contributed by atoms with van der Waals surface area (Å²) in [5.74, 6) is -15.1. The van der Waals surface area contributed by atoms with E-state index in [1.165, 1.54) is 20.0 Å². The summed E-state index contributed by atoms with van der Waals surface area (Å²) in [6, 6.07) is -7.37. The average Bonchev–Trinajstić information content (AvgIpc) is 3.77. The van der Waals surface area contributed by atoms with Crippen LogP contribution in [-0.4, -0.2) is 158 Å². The zero-order valence-corrected chi connectivity index (χ0v) is 45.9. The first kappa shape index (κ1) is 67.9. The second kappa shape index (κ2) is 32.6. The Morgan fingerprint density at radius 1 is 0.500 bits per heavy atom. The highest BCUT2D eigenvalue weighted by molar-refractivity contribution is 6.00. The monoisotopic (exact) mass is 1130 g/mol. The molecule has 444 valence electrons. The van der Waals surface area contributed by atoms with E-state index in [1.807, 2.05) is 13.8 Å². The third kappa shape index (κ3) is 23.4. The molecule has 29 nitrogen and oxygen atoms in total. The van der Waals surface area contributed by atoms with E-state index in [0.29, 0.717) is 22.9 Å². The quantitative estimate of drug-likeness (QED) is 0.0313. The highest BCUT2D eigenvalue weighted by Gasteiger charge is 2.37. The lowest BCUT2D eigenvalue weighted by molar-refractivity contribution is -0.143. The molecule has 0 unspecified atom stereocenters. The molecule has 80 heavy (non-hydrogen) atoms. The van der Waals surface area contributed by atoms with Crippen molar-refractivity contribution in [3.8, 4) is 0 Å². The van der Waals surface area contributed by atoms with Crippen LogP contribution in [0.25, 0.3) is 10.9 Å². The molecule has 29 heteroatoms. The molecule has 0 fully saturated rings. The first-order valence-electron chi connectivity index (χ1n) is 26.0. The Labute approximate surface area is 461 Å². The lowest BCUT2D eigenvalue weighted by Gasteiger charge is -2.29. The maximum atomic E-state index is 14.5. The number of carbonyl (C=O) groups excluding carboxylic acids is 11. The molecule has 0 aliphatic rings. The molecule has 0 bridgehead atoms. The van der Waals surface area contributed by atoms with Crippen LogP contribution in [0.15, 0.2) is 30.5 Å². The number of H-pyrrole nitrogens is 1. The molecule has 0 aliphatic carbocycles. The van der Waals surface area contributed by atoms with Gasteiger partial charge < -0.3 is 85.8 Å². The summed E-state index contributed by atoms with van der Waals surface area (Å²) in [6.07, 6.45) is -4.16. The largest absolute Gasteiger partial charge is 0.481 e. The molecular weight excluding hydrogens is 1050 g/mol. The van der Waals surface area contributed by atoms with E-state index in [9.17, 15) is 72.5 Å². The van der Waals surface area contributed by atoms with Crippen LogP contribution in [0.1, 0.15) is 112 Å². The highest BCUT2D eigenvalue weighted by Crippen LogP contribution is 2.20. The fraction of sp³-hybridized carbons (Fsp3) is 0.588. The number of para-hydroxylation sites is 1. The summed E-state index contributed by atoms with van der Waals surface area (Å²) >= 11 is 0. The molecule has 0 saturated carbocycles. The number of carboxylic acids is 2. The number of aromatic nitrogens is 1. The molecule has 0 aliphatic heterocycles. The number of nitrogens with two attached hydrogens (primary N) is 4. The topological polar surface area (TPSA) is 499 Å². The van der Waals surface area contributed by atoms with Gasteiger partial charge in [-0.3, -0.25) is 57.5 Å². The van der Waals surface area contributed by atoms with Gasteiger partial charge in [0, 0.05) is 42.8 Å². The van der Waals surface area contributed by atoms with Crippen molar-refractivity contribution in [2.45, 2.75) is 173 Å². The van der Waals surface area contributed by atoms with Gasteiger partial charge in [0.2, 0.25) is 65.0 Å². The molecule has 2 rings (SSSR count). The number of nitrogens with one attached hydrogen (secondary N) is 9. The van der Waals surface area contributed by atoms with Crippen molar-refractivity contribution in [1.82, 2.24) is 47.5 Å². The maximum absolute atomic E-state index is 14.5. The number of aliphatic carboxylic acids is 2. The standard InChI is InChI=1S/C51H79N13O16/c1-23(2)18-29(52)43(71)60-34(19-24(3)4)47(75)64-42(26(7)65)50(78)58-32(13-16-38(54)67)45(73)62-36(21-39(55)68)46(74)61-35(20-27-22-56-30-11-9-8-10-28(27)30)48(76)63-41(25(5)6)49(77)57-31(12-15-37(53)66)44(72)59-33(51(79)80)14-17-40(69)70/h8-11,22-26,29,31-36,41-42,56,65H,12-21,52H2,1-7H3,(H2,53,66)(H2,54,67)(H2,55,68)(H,57,77)(H,58,78)(H,59,72)(H,60,71)(H,61,74)(H,62,73)(H,63,76)(H,64,75)(H,69,70)(H,79,80)/t26-,29+,31+,32+,33+,34+,35+,36+,41+,42+/m1/s1. The van der Waals surface area contributed by atoms with Gasteiger partial charge in [0.05, 0.1) is 18.6 Å². The molecule has 2 aromatic rings. The van der Waals surface area contributed by atoms with Crippen molar-refractivity contribution < 1.29 is 77.6 Å². The van der Waals surface area contributed by atoms with Gasteiger partial charge >= 0.3 is 11.9 Å². The van der Waals surface area contributed by atoms with Crippen LogP contribution in [0.2, 0.25) is 0 Å². The number of hydrogen-bond donors (Lipinski definition) is 16. The van der Waals surface area contributed by atoms with Gasteiger partial charge in [-0.2, -0.15) is 0 Å². The Balaban J connectivity index is 2.54. The van der Waals surface area contributed by atoms with Crippen molar-refractivity contribution in [1.29, 1.82) is 0 Å². The van der Waals surface area contributed by atoms with E-state index in [2.05, 4.69) is 47.5 Å². The molecule has 0 radical (unpaired) electrons. The molecule has 1 heterocycles. The minimum atomic E-state index is -1.92.